The van der Waals surface area contributed by atoms with Crippen LogP contribution in [0.15, 0.2) is 0 Å². The first kappa shape index (κ1) is 8.97. The minimum Gasteiger partial charge on any atom is -0.388 e. The molecule has 1 fully saturated rings. The van der Waals surface area contributed by atoms with Gasteiger partial charge in [-0.05, 0) is 20.3 Å². The first-order chi connectivity index (χ1) is 5.20. The zero-order valence-corrected chi connectivity index (χ0v) is 7.12. The minimum absolute atomic E-state index is 0.0243. The molecule has 1 N–H and O–H groups in total. The molecule has 66 valence electrons. The maximum absolute atomic E-state index is 9.37. The fourth-order valence-electron chi connectivity index (χ4n) is 1.21. The third-order valence-corrected chi connectivity index (χ3v) is 1.71. The predicted molar refractivity (Wildman–Crippen MR) is 41.5 cm³/mol. The Morgan fingerprint density at radius 2 is 2.27 bits per heavy atom. The van der Waals surface area contributed by atoms with Crippen LogP contribution in [0.2, 0.25) is 0 Å². The first-order valence-electron chi connectivity index (χ1n) is 4.11. The van der Waals surface area contributed by atoms with Gasteiger partial charge in [-0.25, -0.2) is 0 Å². The topological polar surface area (TPSA) is 38.7 Å². The van der Waals surface area contributed by atoms with E-state index in [2.05, 4.69) is 0 Å². The fraction of sp³-hybridized carbons (Fsp3) is 1.00. The average Bonchev–Trinajstić information content (AvgIpc) is 1.93. The van der Waals surface area contributed by atoms with E-state index in [0.717, 1.165) is 6.42 Å². The average molecular weight is 160 g/mol. The number of aliphatic hydroxyl groups is 1. The summed E-state index contributed by atoms with van der Waals surface area (Å²) in [7, 11) is 0. The Hall–Kier alpha value is -0.120. The van der Waals surface area contributed by atoms with Gasteiger partial charge in [-0.1, -0.05) is 0 Å². The maximum Gasteiger partial charge on any atom is 0.104 e. The van der Waals surface area contributed by atoms with Gasteiger partial charge in [0.05, 0.1) is 18.8 Å². The lowest BCUT2D eigenvalue weighted by molar-refractivity contribution is -0.129. The molecule has 3 heteroatoms. The zero-order valence-electron chi connectivity index (χ0n) is 7.12. The van der Waals surface area contributed by atoms with Crippen LogP contribution >= 0.6 is 0 Å². The summed E-state index contributed by atoms with van der Waals surface area (Å²) in [6.07, 6.45) is 0.530. The highest BCUT2D eigenvalue weighted by Gasteiger charge is 2.24. The van der Waals surface area contributed by atoms with Crippen molar-refractivity contribution in [3.63, 3.8) is 0 Å². The first-order valence-corrected chi connectivity index (χ1v) is 4.11. The summed E-state index contributed by atoms with van der Waals surface area (Å²) in [4.78, 5) is 0. The largest absolute Gasteiger partial charge is 0.388 e. The van der Waals surface area contributed by atoms with Gasteiger partial charge in [-0.3, -0.25) is 0 Å². The highest BCUT2D eigenvalue weighted by Crippen LogP contribution is 2.13. The number of hydrogen-bond donors (Lipinski definition) is 1. The summed E-state index contributed by atoms with van der Waals surface area (Å²) in [5, 5.41) is 9.37. The van der Waals surface area contributed by atoms with Crippen LogP contribution in [-0.2, 0) is 9.47 Å². The summed E-state index contributed by atoms with van der Waals surface area (Å²) in [5.41, 5.74) is 0. The molecular formula is C8H16O3. The second-order valence-electron chi connectivity index (χ2n) is 3.15. The molecule has 0 spiro atoms. The quantitative estimate of drug-likeness (QED) is 0.641. The van der Waals surface area contributed by atoms with Gasteiger partial charge in [0.15, 0.2) is 0 Å². The Balaban J connectivity index is 2.29. The third kappa shape index (κ3) is 2.77. The molecule has 0 saturated carbocycles. The molecule has 1 aliphatic rings. The van der Waals surface area contributed by atoms with E-state index in [1.165, 1.54) is 0 Å². The lowest BCUT2D eigenvalue weighted by atomic mass is 10.1. The van der Waals surface area contributed by atoms with Crippen molar-refractivity contribution in [3.8, 4) is 0 Å². The molecule has 0 bridgehead atoms. The van der Waals surface area contributed by atoms with Gasteiger partial charge in [0.25, 0.3) is 0 Å². The summed E-state index contributed by atoms with van der Waals surface area (Å²) in [5.74, 6) is 0. The van der Waals surface area contributed by atoms with E-state index >= 15 is 0 Å². The van der Waals surface area contributed by atoms with Crippen molar-refractivity contribution in [3.05, 3.63) is 0 Å². The van der Waals surface area contributed by atoms with Gasteiger partial charge in [0.1, 0.15) is 6.10 Å². The molecule has 0 aromatic heterocycles. The van der Waals surface area contributed by atoms with Gasteiger partial charge in [0.2, 0.25) is 0 Å². The van der Waals surface area contributed by atoms with E-state index in [4.69, 9.17) is 9.47 Å². The standard InChI is InChI=1S/C8H16O3/c1-6(2)11-8-3-4-10-5-7(8)9/h6-9H,3-5H2,1-2H3/t7-,8+/m1/s1. The van der Waals surface area contributed by atoms with Crippen molar-refractivity contribution in [2.45, 2.75) is 38.6 Å². The van der Waals surface area contributed by atoms with E-state index in [9.17, 15) is 5.11 Å². The van der Waals surface area contributed by atoms with Gasteiger partial charge < -0.3 is 14.6 Å². The van der Waals surface area contributed by atoms with Crippen LogP contribution in [0.4, 0.5) is 0 Å². The van der Waals surface area contributed by atoms with Crippen molar-refractivity contribution in [1.82, 2.24) is 0 Å². The third-order valence-electron chi connectivity index (χ3n) is 1.71. The van der Waals surface area contributed by atoms with Crippen molar-refractivity contribution in [2.75, 3.05) is 13.2 Å². The molecule has 3 nitrogen and oxygen atoms in total. The molecule has 0 aromatic carbocycles. The van der Waals surface area contributed by atoms with Crippen molar-refractivity contribution < 1.29 is 14.6 Å². The molecule has 0 amide bonds. The Morgan fingerprint density at radius 3 is 2.82 bits per heavy atom. The van der Waals surface area contributed by atoms with E-state index in [1.807, 2.05) is 13.8 Å². The second kappa shape index (κ2) is 4.04. The van der Waals surface area contributed by atoms with Crippen LogP contribution in [0.3, 0.4) is 0 Å². The van der Waals surface area contributed by atoms with Gasteiger partial charge in [0, 0.05) is 6.61 Å². The Labute approximate surface area is 67.3 Å². The number of rotatable bonds is 2. The SMILES string of the molecule is CC(C)O[C@H]1CCOC[C@H]1O. The Kier molecular flexibility index (Phi) is 3.30. The highest BCUT2D eigenvalue weighted by atomic mass is 16.5. The number of ether oxygens (including phenoxy) is 2. The Morgan fingerprint density at radius 1 is 1.55 bits per heavy atom. The Bertz CT molecular complexity index is 114. The maximum atomic E-state index is 9.37. The van der Waals surface area contributed by atoms with Crippen LogP contribution < -0.4 is 0 Å². The number of aliphatic hydroxyl groups excluding tert-OH is 1. The predicted octanol–water partition coefficient (Wildman–Crippen LogP) is 0.561. The van der Waals surface area contributed by atoms with Gasteiger partial charge in [-0.2, -0.15) is 0 Å². The van der Waals surface area contributed by atoms with Crippen LogP contribution in [0.5, 0.6) is 0 Å². The molecule has 0 aromatic rings. The molecule has 0 aliphatic carbocycles. The molecule has 0 unspecified atom stereocenters. The monoisotopic (exact) mass is 160 g/mol. The fourth-order valence-corrected chi connectivity index (χ4v) is 1.21. The van der Waals surface area contributed by atoms with Crippen molar-refractivity contribution in [1.29, 1.82) is 0 Å². The molecule has 1 aliphatic heterocycles. The summed E-state index contributed by atoms with van der Waals surface area (Å²) < 4.78 is 10.5. The molecule has 1 heterocycles. The van der Waals surface area contributed by atoms with E-state index in [0.29, 0.717) is 13.2 Å². The molecule has 1 rings (SSSR count). The van der Waals surface area contributed by atoms with Crippen molar-refractivity contribution in [2.24, 2.45) is 0 Å². The van der Waals surface area contributed by atoms with Crippen LogP contribution in [0.25, 0.3) is 0 Å². The van der Waals surface area contributed by atoms with E-state index in [1.54, 1.807) is 0 Å². The number of hydrogen-bond acceptors (Lipinski definition) is 3. The van der Waals surface area contributed by atoms with Crippen molar-refractivity contribution >= 4 is 0 Å². The van der Waals surface area contributed by atoms with Gasteiger partial charge >= 0.3 is 0 Å². The smallest absolute Gasteiger partial charge is 0.104 e. The van der Waals surface area contributed by atoms with E-state index in [-0.39, 0.29) is 12.2 Å². The van der Waals surface area contributed by atoms with Crippen LogP contribution in [-0.4, -0.2) is 36.6 Å². The lowest BCUT2D eigenvalue weighted by Gasteiger charge is -2.29. The summed E-state index contributed by atoms with van der Waals surface area (Å²) in [6.45, 7) is 5.07. The zero-order chi connectivity index (χ0) is 8.27. The lowest BCUT2D eigenvalue weighted by Crippen LogP contribution is -2.39. The van der Waals surface area contributed by atoms with Crippen LogP contribution in [0, 0.1) is 0 Å². The molecule has 11 heavy (non-hydrogen) atoms. The molecule has 0 radical (unpaired) electrons. The molecule has 1 saturated heterocycles. The van der Waals surface area contributed by atoms with Gasteiger partial charge in [-0.15, -0.1) is 0 Å². The van der Waals surface area contributed by atoms with Crippen LogP contribution in [0.1, 0.15) is 20.3 Å². The molecular weight excluding hydrogens is 144 g/mol. The van der Waals surface area contributed by atoms with E-state index < -0.39 is 6.10 Å². The normalized spacial score (nSPS) is 32.7. The second-order valence-corrected chi connectivity index (χ2v) is 3.15. The minimum atomic E-state index is -0.439. The molecule has 2 atom stereocenters. The highest BCUT2D eigenvalue weighted by molar-refractivity contribution is 4.73. The summed E-state index contributed by atoms with van der Waals surface area (Å²) in [6, 6.07) is 0. The summed E-state index contributed by atoms with van der Waals surface area (Å²) >= 11 is 0.